The van der Waals surface area contributed by atoms with Crippen molar-refractivity contribution >= 4 is 22.6 Å². The van der Waals surface area contributed by atoms with Crippen LogP contribution in [0.5, 0.6) is 5.75 Å². The summed E-state index contributed by atoms with van der Waals surface area (Å²) in [6.07, 6.45) is 1.00. The quantitative estimate of drug-likeness (QED) is 0.266. The molecular weight excluding hydrogens is 450 g/mol. The Morgan fingerprint density at radius 2 is 1.53 bits per heavy atom. The Morgan fingerprint density at radius 1 is 0.833 bits per heavy atom. The van der Waals surface area contributed by atoms with E-state index in [2.05, 4.69) is 23.5 Å². The Kier molecular flexibility index (Phi) is 8.35. The van der Waals surface area contributed by atoms with E-state index in [1.807, 2.05) is 73.7 Å². The fourth-order valence-corrected chi connectivity index (χ4v) is 4.20. The van der Waals surface area contributed by atoms with E-state index in [1.165, 1.54) is 0 Å². The van der Waals surface area contributed by atoms with E-state index in [0.29, 0.717) is 37.4 Å². The zero-order valence-electron chi connectivity index (χ0n) is 20.7. The van der Waals surface area contributed by atoms with E-state index < -0.39 is 0 Å². The van der Waals surface area contributed by atoms with Gasteiger partial charge in [-0.25, -0.2) is 0 Å². The molecule has 0 bridgehead atoms. The number of amides is 1. The van der Waals surface area contributed by atoms with Crippen molar-refractivity contribution in [2.75, 3.05) is 6.61 Å². The van der Waals surface area contributed by atoms with E-state index >= 15 is 0 Å². The molecule has 1 N–H and O–H groups in total. The Hall–Kier alpha value is -4.12. The molecule has 4 aromatic carbocycles. The molecule has 0 aliphatic carbocycles. The maximum absolute atomic E-state index is 13.2. The molecular formula is C31H31NO4. The number of para-hydroxylation sites is 1. The highest BCUT2D eigenvalue weighted by molar-refractivity contribution is 5.97. The third kappa shape index (κ3) is 6.30. The molecule has 184 valence electrons. The summed E-state index contributed by atoms with van der Waals surface area (Å²) >= 11 is 0. The lowest BCUT2D eigenvalue weighted by Crippen LogP contribution is -2.27. The van der Waals surface area contributed by atoms with E-state index in [1.54, 1.807) is 13.0 Å². The lowest BCUT2D eigenvalue weighted by Gasteiger charge is -2.18. The minimum absolute atomic E-state index is 0.168. The zero-order chi connectivity index (χ0) is 25.3. The molecule has 5 heteroatoms. The van der Waals surface area contributed by atoms with Crippen molar-refractivity contribution < 1.29 is 19.1 Å². The van der Waals surface area contributed by atoms with Gasteiger partial charge in [0.15, 0.2) is 0 Å². The van der Waals surface area contributed by atoms with E-state index in [-0.39, 0.29) is 17.9 Å². The third-order valence-electron chi connectivity index (χ3n) is 6.11. The highest BCUT2D eigenvalue weighted by Gasteiger charge is 2.17. The molecule has 0 fully saturated rings. The van der Waals surface area contributed by atoms with Crippen molar-refractivity contribution in [2.24, 2.45) is 0 Å². The maximum atomic E-state index is 13.2. The number of hydrogen-bond donors (Lipinski definition) is 1. The summed E-state index contributed by atoms with van der Waals surface area (Å²) in [6, 6.07) is 29.4. The highest BCUT2D eigenvalue weighted by atomic mass is 16.5. The average Bonchev–Trinajstić information content (AvgIpc) is 2.91. The number of nitrogens with one attached hydrogen (secondary N) is 1. The Labute approximate surface area is 212 Å². The van der Waals surface area contributed by atoms with Gasteiger partial charge in [0.25, 0.3) is 5.91 Å². The second-order valence-corrected chi connectivity index (χ2v) is 8.67. The molecule has 0 aromatic heterocycles. The van der Waals surface area contributed by atoms with Crippen molar-refractivity contribution in [3.63, 3.8) is 0 Å². The SMILES string of the molecule is CCOC(=O)CCc1ccc(COc2ccccc2C(=O)N[C@H](C)c2cccc3ccccc23)cc1. The fourth-order valence-electron chi connectivity index (χ4n) is 4.20. The largest absolute Gasteiger partial charge is 0.488 e. The van der Waals surface area contributed by atoms with Crippen LogP contribution in [0.1, 0.15) is 53.4 Å². The van der Waals surface area contributed by atoms with Gasteiger partial charge in [-0.05, 0) is 59.9 Å². The number of rotatable bonds is 10. The molecule has 4 aromatic rings. The Morgan fingerprint density at radius 3 is 2.33 bits per heavy atom. The van der Waals surface area contributed by atoms with Gasteiger partial charge in [0.1, 0.15) is 12.4 Å². The Balaban J connectivity index is 1.39. The second kappa shape index (κ2) is 12.0. The van der Waals surface area contributed by atoms with E-state index in [9.17, 15) is 9.59 Å². The average molecular weight is 482 g/mol. The molecule has 0 spiro atoms. The molecule has 0 radical (unpaired) electrons. The number of aryl methyl sites for hydroxylation is 1. The lowest BCUT2D eigenvalue weighted by atomic mass is 9.99. The van der Waals surface area contributed by atoms with Gasteiger partial charge in [-0.3, -0.25) is 9.59 Å². The number of fused-ring (bicyclic) bond motifs is 1. The minimum atomic E-state index is -0.186. The summed E-state index contributed by atoms with van der Waals surface area (Å²) in [4.78, 5) is 24.7. The number of hydrogen-bond acceptors (Lipinski definition) is 4. The van der Waals surface area contributed by atoms with Gasteiger partial charge in [0.2, 0.25) is 0 Å². The second-order valence-electron chi connectivity index (χ2n) is 8.67. The van der Waals surface area contributed by atoms with Crippen molar-refractivity contribution in [3.8, 4) is 5.75 Å². The molecule has 0 aliphatic heterocycles. The molecule has 0 unspecified atom stereocenters. The molecule has 0 saturated heterocycles. The number of ether oxygens (including phenoxy) is 2. The van der Waals surface area contributed by atoms with Gasteiger partial charge in [-0.1, -0.05) is 78.9 Å². The molecule has 36 heavy (non-hydrogen) atoms. The van der Waals surface area contributed by atoms with Crippen LogP contribution in [0.3, 0.4) is 0 Å². The van der Waals surface area contributed by atoms with Gasteiger partial charge < -0.3 is 14.8 Å². The summed E-state index contributed by atoms with van der Waals surface area (Å²) in [7, 11) is 0. The Bertz CT molecular complexity index is 1320. The van der Waals surface area contributed by atoms with Crippen LogP contribution in [0, 0.1) is 0 Å². The summed E-state index contributed by atoms with van der Waals surface area (Å²) < 4.78 is 11.0. The molecule has 1 atom stereocenters. The summed E-state index contributed by atoms with van der Waals surface area (Å²) in [5.41, 5.74) is 3.61. The van der Waals surface area contributed by atoms with Crippen LogP contribution in [0.2, 0.25) is 0 Å². The first-order valence-electron chi connectivity index (χ1n) is 12.3. The first kappa shape index (κ1) is 25.0. The predicted molar refractivity (Wildman–Crippen MR) is 142 cm³/mol. The van der Waals surface area contributed by atoms with Gasteiger partial charge >= 0.3 is 5.97 Å². The van der Waals surface area contributed by atoms with Crippen molar-refractivity contribution in [1.82, 2.24) is 5.32 Å². The molecule has 0 saturated carbocycles. The van der Waals surface area contributed by atoms with Crippen LogP contribution < -0.4 is 10.1 Å². The van der Waals surface area contributed by atoms with E-state index in [4.69, 9.17) is 9.47 Å². The maximum Gasteiger partial charge on any atom is 0.306 e. The summed E-state index contributed by atoms with van der Waals surface area (Å²) in [6.45, 7) is 4.53. The van der Waals surface area contributed by atoms with Crippen LogP contribution in [0.25, 0.3) is 10.8 Å². The van der Waals surface area contributed by atoms with Crippen molar-refractivity contribution in [1.29, 1.82) is 0 Å². The van der Waals surface area contributed by atoms with Crippen LogP contribution in [0.4, 0.5) is 0 Å². The number of benzene rings is 4. The normalized spacial score (nSPS) is 11.6. The summed E-state index contributed by atoms with van der Waals surface area (Å²) in [5, 5.41) is 5.40. The number of esters is 1. The molecule has 1 amide bonds. The minimum Gasteiger partial charge on any atom is -0.488 e. The first-order chi connectivity index (χ1) is 17.5. The molecule has 0 heterocycles. The van der Waals surface area contributed by atoms with Gasteiger partial charge in [0, 0.05) is 6.42 Å². The van der Waals surface area contributed by atoms with Crippen LogP contribution >= 0.6 is 0 Å². The summed E-state index contributed by atoms with van der Waals surface area (Å²) in [5.74, 6) is 0.168. The first-order valence-corrected chi connectivity index (χ1v) is 12.3. The van der Waals surface area contributed by atoms with Crippen LogP contribution in [-0.4, -0.2) is 18.5 Å². The molecule has 5 nitrogen and oxygen atoms in total. The van der Waals surface area contributed by atoms with Gasteiger partial charge in [-0.2, -0.15) is 0 Å². The smallest absolute Gasteiger partial charge is 0.306 e. The third-order valence-corrected chi connectivity index (χ3v) is 6.11. The van der Waals surface area contributed by atoms with Crippen LogP contribution in [0.15, 0.2) is 91.0 Å². The number of carbonyl (C=O) groups excluding carboxylic acids is 2. The number of carbonyl (C=O) groups is 2. The predicted octanol–water partition coefficient (Wildman–Crippen LogP) is 6.41. The van der Waals surface area contributed by atoms with Crippen molar-refractivity contribution in [2.45, 2.75) is 39.3 Å². The van der Waals surface area contributed by atoms with E-state index in [0.717, 1.165) is 27.5 Å². The molecule has 4 rings (SSSR count). The van der Waals surface area contributed by atoms with Gasteiger partial charge in [0.05, 0.1) is 18.2 Å². The fraction of sp³-hybridized carbons (Fsp3) is 0.226. The topological polar surface area (TPSA) is 64.6 Å². The van der Waals surface area contributed by atoms with Crippen molar-refractivity contribution in [3.05, 3.63) is 113 Å². The van der Waals surface area contributed by atoms with Gasteiger partial charge in [-0.15, -0.1) is 0 Å². The highest BCUT2D eigenvalue weighted by Crippen LogP contribution is 2.26. The lowest BCUT2D eigenvalue weighted by molar-refractivity contribution is -0.143. The zero-order valence-corrected chi connectivity index (χ0v) is 20.7. The molecule has 0 aliphatic rings. The van der Waals surface area contributed by atoms with Crippen LogP contribution in [-0.2, 0) is 22.6 Å². The monoisotopic (exact) mass is 481 g/mol. The standard InChI is InChI=1S/C31H31NO4/c1-3-35-30(33)20-19-23-15-17-24(18-16-23)21-36-29-14-7-6-12-28(29)31(34)32-22(2)26-13-8-10-25-9-4-5-11-27(25)26/h4-18,22H,3,19-21H2,1-2H3,(H,32,34)/t22-/m1/s1.